The third kappa shape index (κ3) is 4.74. The molecule has 0 aliphatic heterocycles. The van der Waals surface area contributed by atoms with Crippen LogP contribution in [0.4, 0.5) is 14.9 Å². The Hall–Kier alpha value is -2.62. The van der Waals surface area contributed by atoms with E-state index in [9.17, 15) is 9.18 Å². The molecule has 4 heteroatoms. The highest BCUT2D eigenvalue weighted by Gasteiger charge is 2.01. The lowest BCUT2D eigenvalue weighted by molar-refractivity contribution is 0.255. The quantitative estimate of drug-likeness (QED) is 0.841. The van der Waals surface area contributed by atoms with Gasteiger partial charge >= 0.3 is 6.03 Å². The standard InChI is InChI=1S/C18H19FN2O/c1-13(2)15-6-8-17(9-7-15)21-18(22)20-11-10-14-4-3-5-16(19)12-14/h3-13H,1-2H3,(H2,20,21,22)/b11-10+. The highest BCUT2D eigenvalue weighted by molar-refractivity contribution is 5.90. The number of nitrogens with one attached hydrogen (secondary N) is 2. The fourth-order valence-electron chi connectivity index (χ4n) is 1.94. The Balaban J connectivity index is 1.87. The van der Waals surface area contributed by atoms with Crippen LogP contribution >= 0.6 is 0 Å². The van der Waals surface area contributed by atoms with Crippen LogP contribution in [0.15, 0.2) is 54.7 Å². The molecular formula is C18H19FN2O. The number of halogens is 1. The number of carbonyl (C=O) groups is 1. The number of carbonyl (C=O) groups excluding carboxylic acids is 1. The summed E-state index contributed by atoms with van der Waals surface area (Å²) in [5.41, 5.74) is 2.62. The Bertz CT molecular complexity index is 663. The zero-order chi connectivity index (χ0) is 15.9. The summed E-state index contributed by atoms with van der Waals surface area (Å²) < 4.78 is 13.0. The van der Waals surface area contributed by atoms with E-state index >= 15 is 0 Å². The fourth-order valence-corrected chi connectivity index (χ4v) is 1.94. The Kier molecular flexibility index (Phi) is 5.31. The van der Waals surface area contributed by atoms with Gasteiger partial charge in [0.1, 0.15) is 5.82 Å². The van der Waals surface area contributed by atoms with Gasteiger partial charge in [0, 0.05) is 11.9 Å². The van der Waals surface area contributed by atoms with Crippen LogP contribution < -0.4 is 10.6 Å². The van der Waals surface area contributed by atoms with Crippen molar-refractivity contribution in [3.8, 4) is 0 Å². The number of benzene rings is 2. The minimum atomic E-state index is -0.343. The van der Waals surface area contributed by atoms with E-state index in [4.69, 9.17) is 0 Å². The van der Waals surface area contributed by atoms with Gasteiger partial charge in [-0.2, -0.15) is 0 Å². The summed E-state index contributed by atoms with van der Waals surface area (Å²) >= 11 is 0. The first-order valence-corrected chi connectivity index (χ1v) is 7.14. The Morgan fingerprint density at radius 3 is 2.50 bits per heavy atom. The molecule has 0 radical (unpaired) electrons. The average Bonchev–Trinajstić information content (AvgIpc) is 2.48. The molecule has 2 aromatic rings. The average molecular weight is 298 g/mol. The predicted molar refractivity (Wildman–Crippen MR) is 88.1 cm³/mol. The molecule has 3 nitrogen and oxygen atoms in total. The van der Waals surface area contributed by atoms with E-state index in [-0.39, 0.29) is 11.8 Å². The van der Waals surface area contributed by atoms with Gasteiger partial charge in [-0.3, -0.25) is 0 Å². The first kappa shape index (κ1) is 15.8. The molecule has 0 saturated heterocycles. The van der Waals surface area contributed by atoms with Crippen molar-refractivity contribution in [3.63, 3.8) is 0 Å². The molecular weight excluding hydrogens is 279 g/mol. The van der Waals surface area contributed by atoms with E-state index < -0.39 is 0 Å². The summed E-state index contributed by atoms with van der Waals surface area (Å²) in [6, 6.07) is 13.5. The van der Waals surface area contributed by atoms with Crippen LogP contribution in [-0.4, -0.2) is 6.03 Å². The minimum Gasteiger partial charge on any atom is -0.314 e. The van der Waals surface area contributed by atoms with Crippen molar-refractivity contribution in [1.29, 1.82) is 0 Å². The van der Waals surface area contributed by atoms with Gasteiger partial charge in [0.15, 0.2) is 0 Å². The van der Waals surface area contributed by atoms with Crippen molar-refractivity contribution >= 4 is 17.8 Å². The second-order valence-corrected chi connectivity index (χ2v) is 5.26. The van der Waals surface area contributed by atoms with Crippen molar-refractivity contribution in [2.45, 2.75) is 19.8 Å². The molecule has 0 unspecified atom stereocenters. The van der Waals surface area contributed by atoms with Gasteiger partial charge in [0.2, 0.25) is 0 Å². The van der Waals surface area contributed by atoms with Gasteiger partial charge in [-0.05, 0) is 47.4 Å². The fraction of sp³-hybridized carbons (Fsp3) is 0.167. The van der Waals surface area contributed by atoms with Crippen LogP contribution in [0.3, 0.4) is 0 Å². The van der Waals surface area contributed by atoms with E-state index in [1.807, 2.05) is 24.3 Å². The van der Waals surface area contributed by atoms with Crippen molar-refractivity contribution in [3.05, 3.63) is 71.7 Å². The molecule has 0 spiro atoms. The maximum Gasteiger partial charge on any atom is 0.323 e. The van der Waals surface area contributed by atoms with Crippen LogP contribution in [0.25, 0.3) is 6.08 Å². The number of anilines is 1. The number of hydrogen-bond acceptors (Lipinski definition) is 1. The second kappa shape index (κ2) is 7.41. The molecule has 22 heavy (non-hydrogen) atoms. The Morgan fingerprint density at radius 2 is 1.86 bits per heavy atom. The van der Waals surface area contributed by atoms with Gasteiger partial charge in [-0.15, -0.1) is 0 Å². The first-order chi connectivity index (χ1) is 10.5. The minimum absolute atomic E-state index is 0.308. The van der Waals surface area contributed by atoms with Crippen LogP contribution in [0, 0.1) is 5.82 Å². The van der Waals surface area contributed by atoms with Gasteiger partial charge in [-0.25, -0.2) is 9.18 Å². The molecule has 2 amide bonds. The molecule has 0 aromatic heterocycles. The highest BCUT2D eigenvalue weighted by Crippen LogP contribution is 2.16. The molecule has 2 N–H and O–H groups in total. The molecule has 0 bridgehead atoms. The number of urea groups is 1. The molecule has 0 saturated carbocycles. The summed E-state index contributed by atoms with van der Waals surface area (Å²) in [4.78, 5) is 11.7. The molecule has 2 rings (SSSR count). The molecule has 2 aromatic carbocycles. The number of hydrogen-bond donors (Lipinski definition) is 2. The summed E-state index contributed by atoms with van der Waals surface area (Å²) in [6.07, 6.45) is 3.11. The third-order valence-electron chi connectivity index (χ3n) is 3.17. The molecule has 0 fully saturated rings. The topological polar surface area (TPSA) is 41.1 Å². The lowest BCUT2D eigenvalue weighted by Crippen LogP contribution is -2.23. The predicted octanol–water partition coefficient (Wildman–Crippen LogP) is 4.74. The number of rotatable bonds is 4. The van der Waals surface area contributed by atoms with Gasteiger partial charge in [-0.1, -0.05) is 38.1 Å². The highest BCUT2D eigenvalue weighted by atomic mass is 19.1. The molecule has 114 valence electrons. The monoisotopic (exact) mass is 298 g/mol. The Morgan fingerprint density at radius 1 is 1.14 bits per heavy atom. The van der Waals surface area contributed by atoms with Gasteiger partial charge in [0.05, 0.1) is 0 Å². The van der Waals surface area contributed by atoms with Crippen molar-refractivity contribution < 1.29 is 9.18 Å². The normalized spacial score (nSPS) is 10.9. The van der Waals surface area contributed by atoms with E-state index in [1.54, 1.807) is 18.2 Å². The second-order valence-electron chi connectivity index (χ2n) is 5.26. The summed E-state index contributed by atoms with van der Waals surface area (Å²) in [5.74, 6) is 0.147. The lowest BCUT2D eigenvalue weighted by atomic mass is 10.0. The SMILES string of the molecule is CC(C)c1ccc(NC(=O)N/C=C/c2cccc(F)c2)cc1. The van der Waals surface area contributed by atoms with Crippen molar-refractivity contribution in [1.82, 2.24) is 5.32 Å². The van der Waals surface area contributed by atoms with Crippen molar-refractivity contribution in [2.24, 2.45) is 0 Å². The van der Waals surface area contributed by atoms with Gasteiger partial charge < -0.3 is 10.6 Å². The van der Waals surface area contributed by atoms with E-state index in [0.29, 0.717) is 11.5 Å². The van der Waals surface area contributed by atoms with Crippen LogP contribution in [0.2, 0.25) is 0 Å². The molecule has 0 atom stereocenters. The largest absolute Gasteiger partial charge is 0.323 e. The maximum absolute atomic E-state index is 13.0. The number of amides is 2. The summed E-state index contributed by atoms with van der Waals surface area (Å²) in [5, 5.41) is 5.31. The molecule has 0 aliphatic carbocycles. The zero-order valence-corrected chi connectivity index (χ0v) is 12.6. The smallest absolute Gasteiger partial charge is 0.314 e. The lowest BCUT2D eigenvalue weighted by Gasteiger charge is -2.08. The first-order valence-electron chi connectivity index (χ1n) is 7.14. The van der Waals surface area contributed by atoms with Gasteiger partial charge in [0.25, 0.3) is 0 Å². The van der Waals surface area contributed by atoms with Crippen LogP contribution in [0.1, 0.15) is 30.9 Å². The molecule has 0 aliphatic rings. The third-order valence-corrected chi connectivity index (χ3v) is 3.17. The maximum atomic E-state index is 13.0. The zero-order valence-electron chi connectivity index (χ0n) is 12.6. The summed E-state index contributed by atoms with van der Waals surface area (Å²) in [6.45, 7) is 4.23. The van der Waals surface area contributed by atoms with E-state index in [1.165, 1.54) is 23.9 Å². The summed E-state index contributed by atoms with van der Waals surface area (Å²) in [7, 11) is 0. The van der Waals surface area contributed by atoms with Crippen molar-refractivity contribution in [2.75, 3.05) is 5.32 Å². The van der Waals surface area contributed by atoms with Crippen LogP contribution in [0.5, 0.6) is 0 Å². The van der Waals surface area contributed by atoms with E-state index in [2.05, 4.69) is 24.5 Å². The molecule has 0 heterocycles. The Labute approximate surface area is 129 Å². The van der Waals surface area contributed by atoms with Crippen LogP contribution in [-0.2, 0) is 0 Å². The van der Waals surface area contributed by atoms with E-state index in [0.717, 1.165) is 5.69 Å².